The number of nitrogens with one attached hydrogen (secondary N) is 1. The van der Waals surface area contributed by atoms with E-state index in [2.05, 4.69) is 25.4 Å². The molecule has 3 unspecified atom stereocenters. The molecule has 1 aliphatic carbocycles. The highest BCUT2D eigenvalue weighted by Gasteiger charge is 2.41. The van der Waals surface area contributed by atoms with E-state index in [9.17, 15) is 9.59 Å². The summed E-state index contributed by atoms with van der Waals surface area (Å²) < 4.78 is 0. The number of thioether (sulfide) groups is 1. The third kappa shape index (κ3) is 3.25. The maximum absolute atomic E-state index is 12.6. The number of nitrogens with zero attached hydrogens (tertiary/aromatic N) is 1. The topological polar surface area (TPSA) is 49.4 Å². The zero-order chi connectivity index (χ0) is 14.0. The average molecular weight is 284 g/mol. The van der Waals surface area contributed by atoms with Crippen LogP contribution < -0.4 is 5.32 Å². The molecule has 0 aromatic rings. The molecule has 2 amide bonds. The van der Waals surface area contributed by atoms with Gasteiger partial charge >= 0.3 is 0 Å². The Morgan fingerprint density at radius 2 is 2.11 bits per heavy atom. The highest BCUT2D eigenvalue weighted by atomic mass is 32.2. The van der Waals surface area contributed by atoms with Crippen LogP contribution >= 0.6 is 11.8 Å². The lowest BCUT2D eigenvalue weighted by molar-refractivity contribution is -0.146. The summed E-state index contributed by atoms with van der Waals surface area (Å²) >= 11 is 1.83. The minimum Gasteiger partial charge on any atom is -0.343 e. The van der Waals surface area contributed by atoms with E-state index >= 15 is 0 Å². The molecule has 2 fully saturated rings. The van der Waals surface area contributed by atoms with Crippen molar-refractivity contribution in [2.45, 2.75) is 56.9 Å². The van der Waals surface area contributed by atoms with E-state index in [0.29, 0.717) is 11.2 Å². The molecule has 19 heavy (non-hydrogen) atoms. The maximum atomic E-state index is 12.6. The van der Waals surface area contributed by atoms with Gasteiger partial charge in [0.15, 0.2) is 0 Å². The van der Waals surface area contributed by atoms with Crippen molar-refractivity contribution in [1.82, 2.24) is 10.2 Å². The molecule has 1 saturated carbocycles. The van der Waals surface area contributed by atoms with Crippen molar-refractivity contribution in [3.63, 3.8) is 0 Å². The Labute approximate surface area is 119 Å². The lowest BCUT2D eigenvalue weighted by Crippen LogP contribution is -2.61. The van der Waals surface area contributed by atoms with Crippen molar-refractivity contribution < 1.29 is 9.59 Å². The molecular weight excluding hydrogens is 260 g/mol. The lowest BCUT2D eigenvalue weighted by atomic mass is 9.99. The molecular formula is C14H24N2O2S. The van der Waals surface area contributed by atoms with Gasteiger partial charge in [-0.05, 0) is 31.4 Å². The fraction of sp³-hybridized carbons (Fsp3) is 0.857. The first-order valence-electron chi connectivity index (χ1n) is 7.15. The van der Waals surface area contributed by atoms with Gasteiger partial charge in [0.25, 0.3) is 0 Å². The third-order valence-corrected chi connectivity index (χ3v) is 5.21. The summed E-state index contributed by atoms with van der Waals surface area (Å²) in [5.41, 5.74) is 0. The van der Waals surface area contributed by atoms with Gasteiger partial charge < -0.3 is 10.2 Å². The minimum absolute atomic E-state index is 0.00277. The highest BCUT2D eigenvalue weighted by molar-refractivity contribution is 7.99. The Kier molecular flexibility index (Phi) is 4.76. The highest BCUT2D eigenvalue weighted by Crippen LogP contribution is 2.33. The SMILES string of the molecule is CSC1CCCC1N1CC(=O)NC(CC(C)C)C1=O. The number of rotatable bonds is 4. The summed E-state index contributed by atoms with van der Waals surface area (Å²) in [6.45, 7) is 4.41. The molecule has 108 valence electrons. The Hall–Kier alpha value is -0.710. The van der Waals surface area contributed by atoms with Crippen LogP contribution in [0.4, 0.5) is 0 Å². The van der Waals surface area contributed by atoms with Gasteiger partial charge in [-0.1, -0.05) is 20.3 Å². The molecule has 1 heterocycles. The summed E-state index contributed by atoms with van der Waals surface area (Å²) in [6.07, 6.45) is 6.20. The predicted octanol–water partition coefficient (Wildman–Crippen LogP) is 1.64. The van der Waals surface area contributed by atoms with Crippen LogP contribution in [0.25, 0.3) is 0 Å². The van der Waals surface area contributed by atoms with E-state index in [1.165, 1.54) is 0 Å². The molecule has 3 atom stereocenters. The summed E-state index contributed by atoms with van der Waals surface area (Å²) in [4.78, 5) is 26.3. The first-order valence-corrected chi connectivity index (χ1v) is 8.44. The van der Waals surface area contributed by atoms with Gasteiger partial charge in [-0.3, -0.25) is 9.59 Å². The molecule has 0 radical (unpaired) electrons. The Morgan fingerprint density at radius 1 is 1.37 bits per heavy atom. The Balaban J connectivity index is 2.10. The van der Waals surface area contributed by atoms with Crippen LogP contribution in [-0.2, 0) is 9.59 Å². The van der Waals surface area contributed by atoms with Crippen LogP contribution in [0.2, 0.25) is 0 Å². The van der Waals surface area contributed by atoms with Crippen molar-refractivity contribution in [3.05, 3.63) is 0 Å². The number of hydrogen-bond acceptors (Lipinski definition) is 3. The van der Waals surface area contributed by atoms with Crippen LogP contribution in [0.15, 0.2) is 0 Å². The Morgan fingerprint density at radius 3 is 2.74 bits per heavy atom. The van der Waals surface area contributed by atoms with Gasteiger partial charge in [-0.25, -0.2) is 0 Å². The molecule has 5 heteroatoms. The van der Waals surface area contributed by atoms with Crippen molar-refractivity contribution in [2.75, 3.05) is 12.8 Å². The van der Waals surface area contributed by atoms with Gasteiger partial charge in [0.2, 0.25) is 11.8 Å². The van der Waals surface area contributed by atoms with E-state index in [1.807, 2.05) is 16.7 Å². The molecule has 0 aromatic carbocycles. The summed E-state index contributed by atoms with van der Waals surface area (Å²) in [7, 11) is 0. The fourth-order valence-electron chi connectivity index (χ4n) is 3.18. The molecule has 1 aliphatic heterocycles. The monoisotopic (exact) mass is 284 g/mol. The van der Waals surface area contributed by atoms with Crippen molar-refractivity contribution in [1.29, 1.82) is 0 Å². The van der Waals surface area contributed by atoms with Gasteiger partial charge in [-0.15, -0.1) is 0 Å². The van der Waals surface area contributed by atoms with Crippen LogP contribution in [0.5, 0.6) is 0 Å². The largest absolute Gasteiger partial charge is 0.343 e. The molecule has 4 nitrogen and oxygen atoms in total. The molecule has 1 saturated heterocycles. The smallest absolute Gasteiger partial charge is 0.245 e. The predicted molar refractivity (Wildman–Crippen MR) is 78.0 cm³/mol. The van der Waals surface area contributed by atoms with Gasteiger partial charge in [0.1, 0.15) is 6.04 Å². The summed E-state index contributed by atoms with van der Waals surface area (Å²) in [5.74, 6) is 0.533. The minimum atomic E-state index is -0.315. The van der Waals surface area contributed by atoms with E-state index in [-0.39, 0.29) is 30.4 Å². The molecule has 0 spiro atoms. The zero-order valence-electron chi connectivity index (χ0n) is 12.0. The number of carbonyl (C=O) groups is 2. The number of piperazine rings is 1. The molecule has 2 aliphatic rings. The van der Waals surface area contributed by atoms with E-state index in [0.717, 1.165) is 25.7 Å². The first kappa shape index (κ1) is 14.7. The second-order valence-corrected chi connectivity index (χ2v) is 7.07. The van der Waals surface area contributed by atoms with E-state index in [4.69, 9.17) is 0 Å². The quantitative estimate of drug-likeness (QED) is 0.854. The number of hydrogen-bond donors (Lipinski definition) is 1. The molecule has 0 aromatic heterocycles. The third-order valence-electron chi connectivity index (χ3n) is 4.06. The van der Waals surface area contributed by atoms with Gasteiger partial charge in [0, 0.05) is 11.3 Å². The van der Waals surface area contributed by atoms with Crippen molar-refractivity contribution in [3.8, 4) is 0 Å². The van der Waals surface area contributed by atoms with Gasteiger partial charge in [-0.2, -0.15) is 11.8 Å². The number of amides is 2. The second kappa shape index (κ2) is 6.16. The van der Waals surface area contributed by atoms with Crippen LogP contribution in [0.1, 0.15) is 39.5 Å². The lowest BCUT2D eigenvalue weighted by Gasteiger charge is -2.39. The fourth-order valence-corrected chi connectivity index (χ4v) is 4.18. The van der Waals surface area contributed by atoms with Crippen molar-refractivity contribution in [2.24, 2.45) is 5.92 Å². The number of carbonyl (C=O) groups excluding carboxylic acids is 2. The van der Waals surface area contributed by atoms with E-state index < -0.39 is 0 Å². The normalized spacial score (nSPS) is 32.0. The zero-order valence-corrected chi connectivity index (χ0v) is 12.8. The average Bonchev–Trinajstić information content (AvgIpc) is 2.80. The molecule has 1 N–H and O–H groups in total. The van der Waals surface area contributed by atoms with E-state index in [1.54, 1.807) is 0 Å². The first-order chi connectivity index (χ1) is 9.02. The van der Waals surface area contributed by atoms with Crippen LogP contribution in [0, 0.1) is 5.92 Å². The Bertz CT molecular complexity index is 359. The van der Waals surface area contributed by atoms with Gasteiger partial charge in [0.05, 0.1) is 6.54 Å². The maximum Gasteiger partial charge on any atom is 0.245 e. The van der Waals surface area contributed by atoms with Crippen molar-refractivity contribution >= 4 is 23.6 Å². The second-order valence-electron chi connectivity index (χ2n) is 5.99. The molecule has 2 rings (SSSR count). The summed E-state index contributed by atoms with van der Waals surface area (Å²) in [5, 5.41) is 3.34. The standard InChI is InChI=1S/C14H24N2O2S/c1-9(2)7-10-14(18)16(8-13(17)15-10)11-5-4-6-12(11)19-3/h9-12H,4-8H2,1-3H3,(H,15,17). The van der Waals surface area contributed by atoms with Crippen LogP contribution in [-0.4, -0.2) is 46.8 Å². The summed E-state index contributed by atoms with van der Waals surface area (Å²) in [6, 6.07) is -0.0624. The van der Waals surface area contributed by atoms with Crippen LogP contribution in [0.3, 0.4) is 0 Å². The molecule has 0 bridgehead atoms.